The molecule has 0 saturated carbocycles. The third kappa shape index (κ3) is 9.78. The first-order valence-corrected chi connectivity index (χ1v) is 7.89. The number of benzene rings is 1. The van der Waals surface area contributed by atoms with Crippen molar-refractivity contribution >= 4 is 29.9 Å². The van der Waals surface area contributed by atoms with Crippen LogP contribution in [-0.4, -0.2) is 51.8 Å². The number of nitrogens with zero attached hydrogens (tertiary/aromatic N) is 2. The van der Waals surface area contributed by atoms with Crippen LogP contribution >= 0.6 is 24.0 Å². The van der Waals surface area contributed by atoms with Gasteiger partial charge in [0, 0.05) is 40.4 Å². The van der Waals surface area contributed by atoms with Crippen LogP contribution in [0.1, 0.15) is 24.5 Å². The predicted octanol–water partition coefficient (Wildman–Crippen LogP) is 2.46. The van der Waals surface area contributed by atoms with E-state index in [0.29, 0.717) is 0 Å². The highest BCUT2D eigenvalue weighted by molar-refractivity contribution is 14.0. The summed E-state index contributed by atoms with van der Waals surface area (Å²) in [4.78, 5) is 6.52. The number of hydrogen-bond donors (Lipinski definition) is 2. The topological polar surface area (TPSA) is 48.9 Å². The lowest BCUT2D eigenvalue weighted by Gasteiger charge is -2.15. The van der Waals surface area contributed by atoms with Gasteiger partial charge in [-0.3, -0.25) is 4.99 Å². The largest absolute Gasteiger partial charge is 0.385 e. The van der Waals surface area contributed by atoms with Crippen molar-refractivity contribution in [1.29, 1.82) is 0 Å². The minimum Gasteiger partial charge on any atom is -0.385 e. The molecule has 0 aliphatic heterocycles. The van der Waals surface area contributed by atoms with Crippen LogP contribution in [0.5, 0.6) is 0 Å². The molecular formula is C17H31IN4O. The highest BCUT2D eigenvalue weighted by atomic mass is 127. The van der Waals surface area contributed by atoms with Gasteiger partial charge in [-0.15, -0.1) is 24.0 Å². The van der Waals surface area contributed by atoms with E-state index in [9.17, 15) is 0 Å². The normalized spacial score (nSPS) is 11.3. The second-order valence-electron chi connectivity index (χ2n) is 5.35. The van der Waals surface area contributed by atoms with Gasteiger partial charge in [0.15, 0.2) is 5.96 Å². The molecule has 1 rings (SSSR count). The zero-order valence-corrected chi connectivity index (χ0v) is 17.1. The Morgan fingerprint density at radius 2 is 2.00 bits per heavy atom. The van der Waals surface area contributed by atoms with E-state index in [1.165, 1.54) is 11.1 Å². The maximum atomic E-state index is 5.04. The standard InChI is InChI=1S/C17H30N4O.HI/c1-5-21(3)14-16-9-6-8-15(12-16)13-20-17(18-2)19-10-7-11-22-4;/h6,8-9,12H,5,7,10-11,13-14H2,1-4H3,(H2,18,19,20);1H. The summed E-state index contributed by atoms with van der Waals surface area (Å²) in [6, 6.07) is 8.68. The van der Waals surface area contributed by atoms with Crippen LogP contribution in [0.4, 0.5) is 0 Å². The van der Waals surface area contributed by atoms with E-state index >= 15 is 0 Å². The van der Waals surface area contributed by atoms with Crippen LogP contribution in [0.25, 0.3) is 0 Å². The Bertz CT molecular complexity index is 454. The molecule has 0 amide bonds. The smallest absolute Gasteiger partial charge is 0.191 e. The predicted molar refractivity (Wildman–Crippen MR) is 109 cm³/mol. The summed E-state index contributed by atoms with van der Waals surface area (Å²) >= 11 is 0. The fourth-order valence-electron chi connectivity index (χ4n) is 2.09. The van der Waals surface area contributed by atoms with Crippen molar-refractivity contribution in [2.24, 2.45) is 4.99 Å². The number of methoxy groups -OCH3 is 1. The van der Waals surface area contributed by atoms with Crippen LogP contribution in [0.15, 0.2) is 29.3 Å². The Kier molecular flexibility index (Phi) is 13.1. The van der Waals surface area contributed by atoms with E-state index in [4.69, 9.17) is 4.74 Å². The highest BCUT2D eigenvalue weighted by Crippen LogP contribution is 2.07. The van der Waals surface area contributed by atoms with E-state index in [-0.39, 0.29) is 24.0 Å². The average molecular weight is 434 g/mol. The number of halogens is 1. The summed E-state index contributed by atoms with van der Waals surface area (Å²) in [6.07, 6.45) is 0.968. The van der Waals surface area contributed by atoms with Gasteiger partial charge in [0.1, 0.15) is 0 Å². The molecule has 0 saturated heterocycles. The van der Waals surface area contributed by atoms with Gasteiger partial charge in [0.25, 0.3) is 0 Å². The zero-order valence-electron chi connectivity index (χ0n) is 14.8. The minimum atomic E-state index is 0. The van der Waals surface area contributed by atoms with Crippen molar-refractivity contribution in [2.45, 2.75) is 26.4 Å². The monoisotopic (exact) mass is 434 g/mol. The molecule has 0 atom stereocenters. The summed E-state index contributed by atoms with van der Waals surface area (Å²) in [5, 5.41) is 6.62. The molecule has 5 nitrogen and oxygen atoms in total. The Hall–Kier alpha value is -0.860. The maximum Gasteiger partial charge on any atom is 0.191 e. The van der Waals surface area contributed by atoms with E-state index in [1.807, 2.05) is 0 Å². The summed E-state index contributed by atoms with van der Waals surface area (Å²) in [5.74, 6) is 0.826. The van der Waals surface area contributed by atoms with Crippen LogP contribution < -0.4 is 10.6 Å². The number of guanidine groups is 1. The van der Waals surface area contributed by atoms with Gasteiger partial charge in [-0.05, 0) is 31.1 Å². The van der Waals surface area contributed by atoms with Crippen molar-refractivity contribution in [2.75, 3.05) is 40.9 Å². The lowest BCUT2D eigenvalue weighted by molar-refractivity contribution is 0.195. The molecule has 0 unspecified atom stereocenters. The molecule has 6 heteroatoms. The first kappa shape index (κ1) is 22.1. The molecule has 0 aliphatic rings. The molecule has 0 heterocycles. The zero-order chi connectivity index (χ0) is 16.2. The molecular weight excluding hydrogens is 403 g/mol. The number of rotatable bonds is 9. The Labute approximate surface area is 157 Å². The molecule has 1 aromatic rings. The van der Waals surface area contributed by atoms with E-state index < -0.39 is 0 Å². The summed E-state index contributed by atoms with van der Waals surface area (Å²) in [5.41, 5.74) is 2.61. The third-order valence-electron chi connectivity index (χ3n) is 3.48. The van der Waals surface area contributed by atoms with Gasteiger partial charge in [-0.25, -0.2) is 0 Å². The van der Waals surface area contributed by atoms with Gasteiger partial charge in [0.05, 0.1) is 0 Å². The van der Waals surface area contributed by atoms with Crippen LogP contribution in [0.2, 0.25) is 0 Å². The van der Waals surface area contributed by atoms with Gasteiger partial charge < -0.3 is 20.3 Å². The van der Waals surface area contributed by atoms with Gasteiger partial charge in [-0.1, -0.05) is 31.2 Å². The number of ether oxygens (including phenoxy) is 1. The second kappa shape index (κ2) is 13.6. The highest BCUT2D eigenvalue weighted by Gasteiger charge is 2.01. The average Bonchev–Trinajstić information content (AvgIpc) is 2.54. The molecule has 23 heavy (non-hydrogen) atoms. The Morgan fingerprint density at radius 3 is 2.65 bits per heavy atom. The molecule has 0 bridgehead atoms. The molecule has 132 valence electrons. The first-order chi connectivity index (χ1) is 10.7. The van der Waals surface area contributed by atoms with E-state index in [2.05, 4.69) is 58.8 Å². The third-order valence-corrected chi connectivity index (χ3v) is 3.48. The fraction of sp³-hybridized carbons (Fsp3) is 0.588. The summed E-state index contributed by atoms with van der Waals surface area (Å²) < 4.78 is 5.04. The molecule has 1 aromatic carbocycles. The number of nitrogens with one attached hydrogen (secondary N) is 2. The van der Waals surface area contributed by atoms with Gasteiger partial charge >= 0.3 is 0 Å². The quantitative estimate of drug-likeness (QED) is 0.271. The van der Waals surface area contributed by atoms with Crippen molar-refractivity contribution < 1.29 is 4.74 Å². The molecule has 0 aromatic heterocycles. The van der Waals surface area contributed by atoms with Gasteiger partial charge in [0.2, 0.25) is 0 Å². The Morgan fingerprint density at radius 1 is 1.26 bits per heavy atom. The summed E-state index contributed by atoms with van der Waals surface area (Å²) in [7, 11) is 5.64. The second-order valence-corrected chi connectivity index (χ2v) is 5.35. The lowest BCUT2D eigenvalue weighted by atomic mass is 10.1. The minimum absolute atomic E-state index is 0. The van der Waals surface area contributed by atoms with Crippen molar-refractivity contribution in [3.63, 3.8) is 0 Å². The fourth-order valence-corrected chi connectivity index (χ4v) is 2.09. The van der Waals surface area contributed by atoms with Crippen molar-refractivity contribution in [3.8, 4) is 0 Å². The molecule has 0 aliphatic carbocycles. The van der Waals surface area contributed by atoms with Gasteiger partial charge in [-0.2, -0.15) is 0 Å². The molecule has 0 fully saturated rings. The van der Waals surface area contributed by atoms with Crippen LogP contribution in [0, 0.1) is 0 Å². The lowest BCUT2D eigenvalue weighted by Crippen LogP contribution is -2.37. The van der Waals surface area contributed by atoms with Crippen LogP contribution in [-0.2, 0) is 17.8 Å². The SMILES string of the molecule is CCN(C)Cc1cccc(CNC(=NC)NCCCOC)c1.I. The summed E-state index contributed by atoms with van der Waals surface area (Å²) in [6.45, 7) is 6.60. The maximum absolute atomic E-state index is 5.04. The first-order valence-electron chi connectivity index (χ1n) is 7.89. The van der Waals surface area contributed by atoms with E-state index in [0.717, 1.165) is 45.2 Å². The number of hydrogen-bond acceptors (Lipinski definition) is 3. The molecule has 0 radical (unpaired) electrons. The molecule has 0 spiro atoms. The van der Waals surface area contributed by atoms with Crippen molar-refractivity contribution in [3.05, 3.63) is 35.4 Å². The molecule has 2 N–H and O–H groups in total. The van der Waals surface area contributed by atoms with Crippen molar-refractivity contribution in [1.82, 2.24) is 15.5 Å². The Balaban J connectivity index is 0.00000484. The van der Waals surface area contributed by atoms with Crippen LogP contribution in [0.3, 0.4) is 0 Å². The number of aliphatic imine (C=N–C) groups is 1. The van der Waals surface area contributed by atoms with E-state index in [1.54, 1.807) is 14.2 Å².